The molecule has 7 heavy (non-hydrogen) atoms. The molecule has 3 nitrogen and oxygen atoms in total. The molecule has 2 atom stereocenters. The van der Waals surface area contributed by atoms with Gasteiger partial charge in [0.2, 0.25) is 0 Å². The Balaban J connectivity index is 2.82. The first-order chi connectivity index (χ1) is 3.27. The van der Waals surface area contributed by atoms with Crippen LogP contribution in [0.4, 0.5) is 0 Å². The number of rotatable bonds is 3. The molecule has 0 saturated carbocycles. The summed E-state index contributed by atoms with van der Waals surface area (Å²) in [7, 11) is -2.35. The van der Waals surface area contributed by atoms with E-state index in [1.165, 1.54) is 16.9 Å². The van der Waals surface area contributed by atoms with Gasteiger partial charge in [-0.25, -0.2) is 0 Å². The maximum atomic E-state index is 9.69. The zero-order chi connectivity index (χ0) is 5.70. The van der Waals surface area contributed by atoms with E-state index in [1.807, 2.05) is 0 Å². The van der Waals surface area contributed by atoms with Gasteiger partial charge in [0.1, 0.15) is 0 Å². The monoisotopic (exact) mass is 185 g/mol. The molecule has 1 N–H and O–H groups in total. The maximum absolute atomic E-state index is 9.69. The SMILES string of the molecule is O=[P+](O)OCC[AsH2]. The summed E-state index contributed by atoms with van der Waals surface area (Å²) in [6.45, 7) is 0.395. The molecular weight excluding hydrogens is 178 g/mol. The van der Waals surface area contributed by atoms with E-state index in [4.69, 9.17) is 4.89 Å². The van der Waals surface area contributed by atoms with Crippen molar-refractivity contribution < 1.29 is 14.0 Å². The molecule has 0 rings (SSSR count). The molecule has 42 valence electrons. The van der Waals surface area contributed by atoms with Crippen molar-refractivity contribution >= 4 is 25.1 Å². The second-order valence-electron chi connectivity index (χ2n) is 0.860. The van der Waals surface area contributed by atoms with Crippen molar-refractivity contribution in [2.45, 2.75) is 5.21 Å². The van der Waals surface area contributed by atoms with E-state index in [9.17, 15) is 4.57 Å². The summed E-state index contributed by atoms with van der Waals surface area (Å²) in [6, 6.07) is 0. The van der Waals surface area contributed by atoms with Crippen LogP contribution >= 0.6 is 8.25 Å². The summed E-state index contributed by atoms with van der Waals surface area (Å²) in [5, 5.41) is 0.842. The van der Waals surface area contributed by atoms with Crippen LogP contribution in [0.25, 0.3) is 0 Å². The van der Waals surface area contributed by atoms with Gasteiger partial charge in [0.05, 0.1) is 0 Å². The third-order valence-corrected chi connectivity index (χ3v) is 1.22. The first-order valence-corrected chi connectivity index (χ1v) is 4.61. The van der Waals surface area contributed by atoms with Crippen LogP contribution in [0.15, 0.2) is 0 Å². The van der Waals surface area contributed by atoms with Crippen LogP contribution in [0.3, 0.4) is 0 Å². The van der Waals surface area contributed by atoms with Crippen LogP contribution in [-0.4, -0.2) is 28.4 Å². The molecule has 0 amide bonds. The number of hydrogen-bond acceptors (Lipinski definition) is 2. The quantitative estimate of drug-likeness (QED) is 0.485. The summed E-state index contributed by atoms with van der Waals surface area (Å²) in [6.07, 6.45) is 0. The molecule has 0 fully saturated rings. The zero-order valence-corrected chi connectivity index (χ0v) is 7.02. The molecule has 0 aromatic carbocycles. The molecule has 0 saturated heterocycles. The van der Waals surface area contributed by atoms with Crippen molar-refractivity contribution in [1.29, 1.82) is 0 Å². The van der Waals surface area contributed by atoms with Gasteiger partial charge < -0.3 is 0 Å². The fourth-order valence-corrected chi connectivity index (χ4v) is 1.06. The molecule has 0 aromatic heterocycles. The summed E-state index contributed by atoms with van der Waals surface area (Å²) < 4.78 is 14.0. The molecule has 0 radical (unpaired) electrons. The molecule has 0 aliphatic rings. The van der Waals surface area contributed by atoms with Crippen LogP contribution in [0.1, 0.15) is 0 Å². The Hall–Kier alpha value is 0.578. The third kappa shape index (κ3) is 6.58. The van der Waals surface area contributed by atoms with E-state index >= 15 is 0 Å². The summed E-state index contributed by atoms with van der Waals surface area (Å²) in [4.78, 5) is 7.98. The van der Waals surface area contributed by atoms with Gasteiger partial charge in [-0.3, -0.25) is 0 Å². The van der Waals surface area contributed by atoms with E-state index in [1.54, 1.807) is 0 Å². The van der Waals surface area contributed by atoms with E-state index < -0.39 is 8.25 Å². The van der Waals surface area contributed by atoms with Gasteiger partial charge in [0, 0.05) is 0 Å². The molecular formula is C2H7AsO3P+. The van der Waals surface area contributed by atoms with Crippen molar-refractivity contribution in [3.8, 4) is 0 Å². The third-order valence-electron chi connectivity index (χ3n) is 0.320. The van der Waals surface area contributed by atoms with Crippen molar-refractivity contribution in [2.75, 3.05) is 6.61 Å². The average Bonchev–Trinajstić information content (AvgIpc) is 1.61. The summed E-state index contributed by atoms with van der Waals surface area (Å²) >= 11 is 1.49. The minimum absolute atomic E-state index is 0.395. The Labute approximate surface area is 51.5 Å². The molecule has 2 unspecified atom stereocenters. The van der Waals surface area contributed by atoms with Gasteiger partial charge in [-0.15, -0.1) is 0 Å². The Kier molecular flexibility index (Phi) is 5.12. The van der Waals surface area contributed by atoms with Crippen LogP contribution in [-0.2, 0) is 9.09 Å². The predicted molar refractivity (Wildman–Crippen MR) is 29.1 cm³/mol. The van der Waals surface area contributed by atoms with Gasteiger partial charge in [-0.2, -0.15) is 0 Å². The van der Waals surface area contributed by atoms with Gasteiger partial charge >= 0.3 is 50.9 Å². The van der Waals surface area contributed by atoms with E-state index in [0.29, 0.717) is 6.61 Å². The fourth-order valence-electron chi connectivity index (χ4n) is 0.131. The molecule has 0 spiro atoms. The molecule has 0 aliphatic carbocycles. The Morgan fingerprint density at radius 2 is 2.43 bits per heavy atom. The van der Waals surface area contributed by atoms with Crippen molar-refractivity contribution in [1.82, 2.24) is 0 Å². The van der Waals surface area contributed by atoms with Crippen LogP contribution in [0, 0.1) is 0 Å². The summed E-state index contributed by atoms with van der Waals surface area (Å²) in [5.74, 6) is 0. The Bertz CT molecular complexity index is 66.0. The number of hydrogen-bond donors (Lipinski definition) is 1. The first-order valence-electron chi connectivity index (χ1n) is 1.76. The summed E-state index contributed by atoms with van der Waals surface area (Å²) in [5.41, 5.74) is 0. The molecule has 0 bridgehead atoms. The van der Waals surface area contributed by atoms with Gasteiger partial charge in [-0.1, -0.05) is 0 Å². The fraction of sp³-hybridized carbons (Fsp3) is 1.00. The van der Waals surface area contributed by atoms with Crippen molar-refractivity contribution in [3.63, 3.8) is 0 Å². The van der Waals surface area contributed by atoms with E-state index in [-0.39, 0.29) is 0 Å². The second-order valence-corrected chi connectivity index (χ2v) is 2.80. The molecule has 0 heterocycles. The second kappa shape index (κ2) is 4.73. The van der Waals surface area contributed by atoms with Crippen LogP contribution in [0.5, 0.6) is 0 Å². The Morgan fingerprint density at radius 3 is 2.57 bits per heavy atom. The topological polar surface area (TPSA) is 46.5 Å². The molecule has 5 heteroatoms. The van der Waals surface area contributed by atoms with Gasteiger partial charge in [0.15, 0.2) is 0 Å². The van der Waals surface area contributed by atoms with Gasteiger partial charge in [0.25, 0.3) is 0 Å². The van der Waals surface area contributed by atoms with E-state index in [2.05, 4.69) is 4.52 Å². The van der Waals surface area contributed by atoms with E-state index in [0.717, 1.165) is 5.21 Å². The Morgan fingerprint density at radius 1 is 1.86 bits per heavy atom. The molecule has 0 aliphatic heterocycles. The normalized spacial score (nSPS) is 11.4. The predicted octanol–water partition coefficient (Wildman–Crippen LogP) is -0.296. The van der Waals surface area contributed by atoms with Crippen LogP contribution < -0.4 is 0 Å². The average molecular weight is 185 g/mol. The van der Waals surface area contributed by atoms with Gasteiger partial charge in [-0.05, 0) is 0 Å². The molecule has 0 aromatic rings. The zero-order valence-electron chi connectivity index (χ0n) is 3.70. The van der Waals surface area contributed by atoms with Crippen molar-refractivity contribution in [3.05, 3.63) is 0 Å². The standard InChI is InChI=1S/C2H6AsO3P/c3-1-2-6-7(4)5/h1-3H2/p+1. The first kappa shape index (κ1) is 7.58. The van der Waals surface area contributed by atoms with Crippen LogP contribution in [0.2, 0.25) is 5.21 Å². The van der Waals surface area contributed by atoms with Crippen molar-refractivity contribution in [2.24, 2.45) is 0 Å². The minimum atomic E-state index is -2.35.